The molecule has 2 aromatic rings. The van der Waals surface area contributed by atoms with Gasteiger partial charge < -0.3 is 11.1 Å². The molecule has 3 N–H and O–H groups in total. The molecule has 0 aliphatic heterocycles. The van der Waals surface area contributed by atoms with Crippen molar-refractivity contribution in [3.8, 4) is 0 Å². The Labute approximate surface area is 110 Å². The van der Waals surface area contributed by atoms with E-state index in [0.29, 0.717) is 17.1 Å². The van der Waals surface area contributed by atoms with E-state index in [1.807, 2.05) is 24.5 Å². The quantitative estimate of drug-likeness (QED) is 0.831. The fraction of sp³-hybridized carbons (Fsp3) is 0.0769. The second-order valence-corrected chi connectivity index (χ2v) is 4.48. The number of hydrogen-bond acceptors (Lipinski definition) is 4. The number of nitrogens with one attached hydrogen (secondary N) is 1. The van der Waals surface area contributed by atoms with E-state index in [0.717, 1.165) is 4.90 Å². The largest absolute Gasteiger partial charge is 0.397 e. The van der Waals surface area contributed by atoms with Crippen LogP contribution in [0.1, 0.15) is 10.4 Å². The highest BCUT2D eigenvalue weighted by atomic mass is 32.2. The van der Waals surface area contributed by atoms with Crippen LogP contribution in [0, 0.1) is 0 Å². The molecule has 0 aliphatic rings. The number of anilines is 2. The number of hydrogen-bond donors (Lipinski definition) is 2. The summed E-state index contributed by atoms with van der Waals surface area (Å²) in [6, 6.07) is 10.8. The maximum Gasteiger partial charge on any atom is 0.257 e. The predicted octanol–water partition coefficient (Wildman–Crippen LogP) is 2.64. The number of aromatic nitrogens is 1. The minimum absolute atomic E-state index is 0.169. The zero-order valence-corrected chi connectivity index (χ0v) is 10.7. The lowest BCUT2D eigenvalue weighted by molar-refractivity contribution is 0.102. The van der Waals surface area contributed by atoms with Crippen LogP contribution in [0.2, 0.25) is 0 Å². The number of nitrogen functional groups attached to an aromatic ring is 1. The topological polar surface area (TPSA) is 68.0 Å². The van der Waals surface area contributed by atoms with Crippen molar-refractivity contribution in [2.45, 2.75) is 4.90 Å². The summed E-state index contributed by atoms with van der Waals surface area (Å²) in [6.07, 6.45) is 3.45. The summed E-state index contributed by atoms with van der Waals surface area (Å²) in [5.74, 6) is 0.322. The van der Waals surface area contributed by atoms with Gasteiger partial charge in [0, 0.05) is 4.90 Å². The molecule has 1 aromatic heterocycles. The predicted molar refractivity (Wildman–Crippen MR) is 74.8 cm³/mol. The Morgan fingerprint density at radius 3 is 2.72 bits per heavy atom. The van der Waals surface area contributed by atoms with Crippen LogP contribution in [-0.2, 0) is 0 Å². The van der Waals surface area contributed by atoms with Crippen LogP contribution in [-0.4, -0.2) is 17.1 Å². The maximum atomic E-state index is 12.1. The van der Waals surface area contributed by atoms with Crippen LogP contribution in [0.15, 0.2) is 47.5 Å². The molecular weight excluding hydrogens is 246 g/mol. The van der Waals surface area contributed by atoms with Crippen molar-refractivity contribution in [2.24, 2.45) is 0 Å². The van der Waals surface area contributed by atoms with Crippen LogP contribution in [0.4, 0.5) is 11.5 Å². The molecule has 0 radical (unpaired) electrons. The van der Waals surface area contributed by atoms with E-state index in [9.17, 15) is 4.79 Å². The van der Waals surface area contributed by atoms with E-state index in [2.05, 4.69) is 10.3 Å². The van der Waals surface area contributed by atoms with Crippen LogP contribution in [0.25, 0.3) is 0 Å². The number of nitrogens with two attached hydrogens (primary N) is 1. The number of nitrogens with zero attached hydrogens (tertiary/aromatic N) is 1. The van der Waals surface area contributed by atoms with Gasteiger partial charge in [0.2, 0.25) is 0 Å². The van der Waals surface area contributed by atoms with Gasteiger partial charge in [-0.2, -0.15) is 0 Å². The first kappa shape index (κ1) is 12.4. The van der Waals surface area contributed by atoms with Gasteiger partial charge in [0.05, 0.1) is 17.4 Å². The summed E-state index contributed by atoms with van der Waals surface area (Å²) in [7, 11) is 0. The first-order chi connectivity index (χ1) is 8.70. The third-order valence-corrected chi connectivity index (χ3v) is 3.18. The normalized spacial score (nSPS) is 10.1. The molecule has 0 atom stereocenters. The maximum absolute atomic E-state index is 12.1. The highest BCUT2D eigenvalue weighted by Crippen LogP contribution is 2.20. The van der Waals surface area contributed by atoms with E-state index < -0.39 is 0 Å². The first-order valence-corrected chi connectivity index (χ1v) is 6.59. The Hall–Kier alpha value is -2.01. The van der Waals surface area contributed by atoms with Gasteiger partial charge in [-0.1, -0.05) is 12.1 Å². The van der Waals surface area contributed by atoms with Crippen molar-refractivity contribution in [1.29, 1.82) is 0 Å². The summed E-state index contributed by atoms with van der Waals surface area (Å²) in [4.78, 5) is 17.1. The number of rotatable bonds is 3. The number of benzene rings is 1. The van der Waals surface area contributed by atoms with Gasteiger partial charge in [-0.15, -0.1) is 11.8 Å². The first-order valence-electron chi connectivity index (χ1n) is 5.36. The van der Waals surface area contributed by atoms with Crippen LogP contribution in [0.3, 0.4) is 0 Å². The van der Waals surface area contributed by atoms with E-state index in [1.165, 1.54) is 18.0 Å². The fourth-order valence-electron chi connectivity index (χ4n) is 1.50. The Morgan fingerprint density at radius 2 is 2.06 bits per heavy atom. The summed E-state index contributed by atoms with van der Waals surface area (Å²) in [6.45, 7) is 0. The molecule has 92 valence electrons. The molecular formula is C13H13N3OS. The highest BCUT2D eigenvalue weighted by molar-refractivity contribution is 7.98. The fourth-order valence-corrected chi connectivity index (χ4v) is 2.09. The molecule has 0 unspecified atom stereocenters. The number of thioether (sulfide) groups is 1. The van der Waals surface area contributed by atoms with Crippen molar-refractivity contribution < 1.29 is 4.79 Å². The van der Waals surface area contributed by atoms with Crippen molar-refractivity contribution in [1.82, 2.24) is 4.98 Å². The molecule has 0 spiro atoms. The van der Waals surface area contributed by atoms with Crippen molar-refractivity contribution >= 4 is 29.2 Å². The van der Waals surface area contributed by atoms with Gasteiger partial charge in [0.25, 0.3) is 5.91 Å². The zero-order valence-electron chi connectivity index (χ0n) is 9.88. The Balaban J connectivity index is 2.19. The number of amides is 1. The van der Waals surface area contributed by atoms with Crippen molar-refractivity contribution in [3.63, 3.8) is 0 Å². The Bertz CT molecular complexity index is 554. The molecule has 1 aromatic carbocycles. The molecule has 1 heterocycles. The summed E-state index contributed by atoms with van der Waals surface area (Å²) in [5, 5.41) is 2.74. The Kier molecular flexibility index (Phi) is 3.84. The zero-order chi connectivity index (χ0) is 13.0. The minimum atomic E-state index is -0.169. The van der Waals surface area contributed by atoms with E-state index >= 15 is 0 Å². The monoisotopic (exact) mass is 259 g/mol. The standard InChI is InChI=1S/C13H13N3OS/c1-18-11-5-3-2-4-10(11)13(17)16-12-7-6-9(14)8-15-12/h2-8H,14H2,1H3,(H,15,16,17). The molecule has 0 saturated heterocycles. The highest BCUT2D eigenvalue weighted by Gasteiger charge is 2.10. The molecule has 0 aliphatic carbocycles. The molecule has 4 nitrogen and oxygen atoms in total. The van der Waals surface area contributed by atoms with Gasteiger partial charge in [0.15, 0.2) is 0 Å². The molecule has 1 amide bonds. The lowest BCUT2D eigenvalue weighted by Gasteiger charge is -2.07. The SMILES string of the molecule is CSc1ccccc1C(=O)Nc1ccc(N)cn1. The average molecular weight is 259 g/mol. The summed E-state index contributed by atoms with van der Waals surface area (Å²) < 4.78 is 0. The van der Waals surface area contributed by atoms with Gasteiger partial charge in [-0.05, 0) is 30.5 Å². The summed E-state index contributed by atoms with van der Waals surface area (Å²) in [5.41, 5.74) is 6.75. The molecule has 18 heavy (non-hydrogen) atoms. The van der Waals surface area contributed by atoms with Gasteiger partial charge >= 0.3 is 0 Å². The van der Waals surface area contributed by atoms with Crippen LogP contribution >= 0.6 is 11.8 Å². The number of carbonyl (C=O) groups is 1. The summed E-state index contributed by atoms with van der Waals surface area (Å²) >= 11 is 1.54. The van der Waals surface area contributed by atoms with Crippen LogP contribution < -0.4 is 11.1 Å². The van der Waals surface area contributed by atoms with Crippen molar-refractivity contribution in [3.05, 3.63) is 48.2 Å². The van der Waals surface area contributed by atoms with Gasteiger partial charge in [0.1, 0.15) is 5.82 Å². The van der Waals surface area contributed by atoms with Gasteiger partial charge in [-0.3, -0.25) is 4.79 Å². The molecule has 0 saturated carbocycles. The third-order valence-electron chi connectivity index (χ3n) is 2.38. The molecule has 5 heteroatoms. The average Bonchev–Trinajstić information content (AvgIpc) is 2.41. The molecule has 2 rings (SSSR count). The molecule has 0 fully saturated rings. The van der Waals surface area contributed by atoms with E-state index in [-0.39, 0.29) is 5.91 Å². The second kappa shape index (κ2) is 5.55. The lowest BCUT2D eigenvalue weighted by atomic mass is 10.2. The van der Waals surface area contributed by atoms with Gasteiger partial charge in [-0.25, -0.2) is 4.98 Å². The van der Waals surface area contributed by atoms with Crippen LogP contribution in [0.5, 0.6) is 0 Å². The minimum Gasteiger partial charge on any atom is -0.397 e. The second-order valence-electron chi connectivity index (χ2n) is 3.63. The third kappa shape index (κ3) is 2.81. The van der Waals surface area contributed by atoms with Crippen molar-refractivity contribution in [2.75, 3.05) is 17.3 Å². The lowest BCUT2D eigenvalue weighted by Crippen LogP contribution is -2.13. The van der Waals surface area contributed by atoms with E-state index in [1.54, 1.807) is 18.2 Å². The number of pyridine rings is 1. The number of carbonyl (C=O) groups excluding carboxylic acids is 1. The smallest absolute Gasteiger partial charge is 0.257 e. The Morgan fingerprint density at radius 1 is 1.28 bits per heavy atom. The van der Waals surface area contributed by atoms with E-state index in [4.69, 9.17) is 5.73 Å². The molecule has 0 bridgehead atoms.